The summed E-state index contributed by atoms with van der Waals surface area (Å²) >= 11 is 0. The molecule has 0 aliphatic heterocycles. The van der Waals surface area contributed by atoms with Gasteiger partial charge in [0.05, 0.1) is 6.61 Å². The van der Waals surface area contributed by atoms with Crippen molar-refractivity contribution in [2.75, 3.05) is 19.8 Å². The van der Waals surface area contributed by atoms with E-state index in [9.17, 15) is 18.0 Å². The molecule has 1 rings (SSSR count). The molecule has 0 aliphatic carbocycles. The molecule has 0 aromatic heterocycles. The van der Waals surface area contributed by atoms with Crippen molar-refractivity contribution in [1.82, 2.24) is 0 Å². The van der Waals surface area contributed by atoms with Gasteiger partial charge in [-0.05, 0) is 25.1 Å². The monoisotopic (exact) mass is 304 g/mol. The number of esters is 1. The molecule has 0 saturated heterocycles. The lowest BCUT2D eigenvalue weighted by Gasteiger charge is -2.13. The summed E-state index contributed by atoms with van der Waals surface area (Å²) in [6.07, 6.45) is -2.98. The summed E-state index contributed by atoms with van der Waals surface area (Å²) in [5.74, 6) is -0.608. The van der Waals surface area contributed by atoms with Gasteiger partial charge in [0.25, 0.3) is 0 Å². The van der Waals surface area contributed by atoms with Gasteiger partial charge in [0.2, 0.25) is 0 Å². The van der Waals surface area contributed by atoms with E-state index in [-0.39, 0.29) is 30.3 Å². The summed E-state index contributed by atoms with van der Waals surface area (Å²) in [6.45, 7) is 3.92. The zero-order chi connectivity index (χ0) is 15.9. The van der Waals surface area contributed by atoms with Crippen molar-refractivity contribution in [3.05, 3.63) is 36.4 Å². The van der Waals surface area contributed by atoms with Gasteiger partial charge < -0.3 is 14.2 Å². The van der Waals surface area contributed by atoms with Crippen LogP contribution in [0.2, 0.25) is 0 Å². The number of halogens is 3. The Balaban J connectivity index is 2.96. The smallest absolute Gasteiger partial charge is 0.422 e. The van der Waals surface area contributed by atoms with Crippen LogP contribution in [0, 0.1) is 0 Å². The SMILES string of the molecule is C=CCOc1ccc(OCC(F)(F)F)cc1C(=O)OCC. The van der Waals surface area contributed by atoms with Gasteiger partial charge in [-0.2, -0.15) is 13.2 Å². The average molecular weight is 304 g/mol. The van der Waals surface area contributed by atoms with Crippen molar-refractivity contribution in [3.8, 4) is 11.5 Å². The van der Waals surface area contributed by atoms with Crippen LogP contribution in [0.4, 0.5) is 13.2 Å². The maximum absolute atomic E-state index is 12.1. The van der Waals surface area contributed by atoms with Crippen LogP contribution in [-0.2, 0) is 4.74 Å². The fraction of sp³-hybridized carbons (Fsp3) is 0.357. The highest BCUT2D eigenvalue weighted by molar-refractivity contribution is 5.93. The molecule has 4 nitrogen and oxygen atoms in total. The van der Waals surface area contributed by atoms with Gasteiger partial charge in [0, 0.05) is 0 Å². The van der Waals surface area contributed by atoms with Crippen molar-refractivity contribution in [1.29, 1.82) is 0 Å². The first-order valence-electron chi connectivity index (χ1n) is 6.11. The van der Waals surface area contributed by atoms with E-state index in [1.54, 1.807) is 6.92 Å². The van der Waals surface area contributed by atoms with E-state index >= 15 is 0 Å². The number of alkyl halides is 3. The maximum Gasteiger partial charge on any atom is 0.422 e. The summed E-state index contributed by atoms with van der Waals surface area (Å²) in [4.78, 5) is 11.8. The van der Waals surface area contributed by atoms with Crippen LogP contribution in [0.1, 0.15) is 17.3 Å². The van der Waals surface area contributed by atoms with Gasteiger partial charge in [0.1, 0.15) is 23.7 Å². The van der Waals surface area contributed by atoms with Crippen LogP contribution in [0.5, 0.6) is 11.5 Å². The van der Waals surface area contributed by atoms with Crippen LogP contribution in [0.15, 0.2) is 30.9 Å². The number of hydrogen-bond donors (Lipinski definition) is 0. The van der Waals surface area contributed by atoms with E-state index in [1.807, 2.05) is 0 Å². The molecule has 0 heterocycles. The zero-order valence-corrected chi connectivity index (χ0v) is 11.4. The molecule has 0 saturated carbocycles. The summed E-state index contributed by atoms with van der Waals surface area (Å²) in [7, 11) is 0. The first-order chi connectivity index (χ1) is 9.87. The standard InChI is InChI=1S/C14H15F3O4/c1-3-7-20-12-6-5-10(21-9-14(15,16)17)8-11(12)13(18)19-4-2/h3,5-6,8H,1,4,7,9H2,2H3. The number of hydrogen-bond acceptors (Lipinski definition) is 4. The maximum atomic E-state index is 12.1. The fourth-order valence-electron chi connectivity index (χ4n) is 1.41. The molecule has 0 radical (unpaired) electrons. The fourth-order valence-corrected chi connectivity index (χ4v) is 1.41. The molecule has 21 heavy (non-hydrogen) atoms. The Labute approximate surface area is 120 Å². The summed E-state index contributed by atoms with van der Waals surface area (Å²) in [5.41, 5.74) is -0.00151. The highest BCUT2D eigenvalue weighted by atomic mass is 19.4. The highest BCUT2D eigenvalue weighted by Crippen LogP contribution is 2.26. The number of carbonyl (C=O) groups excluding carboxylic acids is 1. The second-order valence-electron chi connectivity index (χ2n) is 3.88. The van der Waals surface area contributed by atoms with E-state index < -0.39 is 18.8 Å². The van der Waals surface area contributed by atoms with Crippen molar-refractivity contribution >= 4 is 5.97 Å². The number of benzene rings is 1. The molecule has 1 aromatic carbocycles. The molecule has 1 aromatic rings. The molecular weight excluding hydrogens is 289 g/mol. The average Bonchev–Trinajstić information content (AvgIpc) is 2.42. The third-order valence-electron chi connectivity index (χ3n) is 2.21. The van der Waals surface area contributed by atoms with Crippen LogP contribution in [-0.4, -0.2) is 32.0 Å². The number of carbonyl (C=O) groups is 1. The first kappa shape index (κ1) is 16.9. The lowest BCUT2D eigenvalue weighted by Crippen LogP contribution is -2.19. The van der Waals surface area contributed by atoms with Crippen LogP contribution in [0.3, 0.4) is 0 Å². The van der Waals surface area contributed by atoms with Gasteiger partial charge in [-0.25, -0.2) is 4.79 Å². The molecule has 0 N–H and O–H groups in total. The molecule has 7 heteroatoms. The van der Waals surface area contributed by atoms with Crippen LogP contribution < -0.4 is 9.47 Å². The van der Waals surface area contributed by atoms with E-state index in [0.29, 0.717) is 0 Å². The van der Waals surface area contributed by atoms with Gasteiger partial charge in [-0.3, -0.25) is 0 Å². The Hall–Kier alpha value is -2.18. The molecular formula is C14H15F3O4. The highest BCUT2D eigenvalue weighted by Gasteiger charge is 2.28. The molecule has 0 spiro atoms. The normalized spacial score (nSPS) is 10.9. The summed E-state index contributed by atoms with van der Waals surface area (Å²) in [5, 5.41) is 0. The lowest BCUT2D eigenvalue weighted by molar-refractivity contribution is -0.153. The van der Waals surface area contributed by atoms with E-state index in [1.165, 1.54) is 18.2 Å². The van der Waals surface area contributed by atoms with Crippen LogP contribution >= 0.6 is 0 Å². The Kier molecular flexibility index (Phi) is 6.08. The van der Waals surface area contributed by atoms with E-state index in [4.69, 9.17) is 9.47 Å². The topological polar surface area (TPSA) is 44.8 Å². The second-order valence-corrected chi connectivity index (χ2v) is 3.88. The third kappa shape index (κ3) is 5.76. The van der Waals surface area contributed by atoms with E-state index in [2.05, 4.69) is 11.3 Å². The Morgan fingerprint density at radius 3 is 2.62 bits per heavy atom. The second kappa shape index (κ2) is 7.56. The zero-order valence-electron chi connectivity index (χ0n) is 11.4. The third-order valence-corrected chi connectivity index (χ3v) is 2.21. The molecule has 0 fully saturated rings. The number of rotatable bonds is 7. The predicted octanol–water partition coefficient (Wildman–Crippen LogP) is 3.37. The molecule has 116 valence electrons. The Bertz CT molecular complexity index is 497. The van der Waals surface area contributed by atoms with E-state index in [0.717, 1.165) is 6.07 Å². The largest absolute Gasteiger partial charge is 0.489 e. The van der Waals surface area contributed by atoms with Crippen molar-refractivity contribution in [2.24, 2.45) is 0 Å². The van der Waals surface area contributed by atoms with Crippen molar-refractivity contribution in [3.63, 3.8) is 0 Å². The summed E-state index contributed by atoms with van der Waals surface area (Å²) < 4.78 is 51.0. The minimum absolute atomic E-state index is 0.00151. The molecule has 0 aliphatic rings. The minimum Gasteiger partial charge on any atom is -0.489 e. The quantitative estimate of drug-likeness (QED) is 0.572. The molecule has 0 bridgehead atoms. The van der Waals surface area contributed by atoms with Gasteiger partial charge in [-0.15, -0.1) is 0 Å². The Morgan fingerprint density at radius 1 is 1.33 bits per heavy atom. The van der Waals surface area contributed by atoms with Crippen molar-refractivity contribution in [2.45, 2.75) is 13.1 Å². The number of ether oxygens (including phenoxy) is 3. The van der Waals surface area contributed by atoms with Gasteiger partial charge >= 0.3 is 12.1 Å². The summed E-state index contributed by atoms with van der Waals surface area (Å²) in [6, 6.07) is 3.79. The molecule has 0 atom stereocenters. The molecule has 0 unspecified atom stereocenters. The van der Waals surface area contributed by atoms with Gasteiger partial charge in [0.15, 0.2) is 6.61 Å². The predicted molar refractivity (Wildman–Crippen MR) is 69.6 cm³/mol. The lowest BCUT2D eigenvalue weighted by atomic mass is 10.2. The van der Waals surface area contributed by atoms with Gasteiger partial charge in [-0.1, -0.05) is 12.7 Å². The Morgan fingerprint density at radius 2 is 2.05 bits per heavy atom. The minimum atomic E-state index is -4.46. The molecule has 0 amide bonds. The van der Waals surface area contributed by atoms with Crippen LogP contribution in [0.25, 0.3) is 0 Å². The van der Waals surface area contributed by atoms with Crippen molar-refractivity contribution < 1.29 is 32.2 Å². The first-order valence-corrected chi connectivity index (χ1v) is 6.11.